The Bertz CT molecular complexity index is 396. The van der Waals surface area contributed by atoms with Gasteiger partial charge in [0.1, 0.15) is 0 Å². The fraction of sp³-hybridized carbons (Fsp3) is 0.462. The van der Waals surface area contributed by atoms with E-state index in [1.54, 1.807) is 11.9 Å². The van der Waals surface area contributed by atoms with Crippen molar-refractivity contribution in [3.8, 4) is 0 Å². The van der Waals surface area contributed by atoms with E-state index in [0.717, 1.165) is 11.3 Å². The van der Waals surface area contributed by atoms with E-state index < -0.39 is 0 Å². The topological polar surface area (TPSA) is 58.4 Å². The second kappa shape index (κ2) is 5.19. The molecule has 0 heterocycles. The predicted octanol–water partition coefficient (Wildman–Crippen LogP) is 2.09. The van der Waals surface area contributed by atoms with E-state index in [1.165, 1.54) is 0 Å². The second-order valence-electron chi connectivity index (χ2n) is 5.11. The van der Waals surface area contributed by atoms with Crippen molar-refractivity contribution in [1.82, 2.24) is 5.32 Å². The Hall–Kier alpha value is -1.55. The first-order valence-corrected chi connectivity index (χ1v) is 5.68. The highest BCUT2D eigenvalue weighted by atomic mass is 16.2. The number of anilines is 1. The van der Waals surface area contributed by atoms with E-state index in [2.05, 4.69) is 5.32 Å². The van der Waals surface area contributed by atoms with Crippen molar-refractivity contribution in [3.05, 3.63) is 29.8 Å². The molecule has 0 saturated heterocycles. The van der Waals surface area contributed by atoms with Crippen LogP contribution in [0.25, 0.3) is 0 Å². The number of nitrogens with two attached hydrogens (primary N) is 1. The van der Waals surface area contributed by atoms with Gasteiger partial charge < -0.3 is 11.1 Å². The third kappa shape index (κ3) is 4.07. The summed E-state index contributed by atoms with van der Waals surface area (Å²) in [5.74, 6) is 0. The molecule has 3 N–H and O–H groups in total. The van der Waals surface area contributed by atoms with E-state index in [9.17, 15) is 4.79 Å². The summed E-state index contributed by atoms with van der Waals surface area (Å²) < 4.78 is 0. The van der Waals surface area contributed by atoms with Crippen LogP contribution in [0.5, 0.6) is 0 Å². The summed E-state index contributed by atoms with van der Waals surface area (Å²) in [5, 5.41) is 2.91. The number of urea groups is 1. The van der Waals surface area contributed by atoms with Gasteiger partial charge in [0.2, 0.25) is 0 Å². The molecule has 4 heteroatoms. The highest BCUT2D eigenvalue weighted by Gasteiger charge is 2.17. The Kier molecular flexibility index (Phi) is 4.12. The van der Waals surface area contributed by atoms with Gasteiger partial charge in [-0.25, -0.2) is 4.79 Å². The minimum absolute atomic E-state index is 0.119. The first-order chi connectivity index (χ1) is 7.83. The van der Waals surface area contributed by atoms with E-state index in [4.69, 9.17) is 5.73 Å². The smallest absolute Gasteiger partial charge is 0.322 e. The molecule has 0 fully saturated rings. The molecule has 94 valence electrons. The second-order valence-corrected chi connectivity index (χ2v) is 5.11. The van der Waals surface area contributed by atoms with Crippen molar-refractivity contribution in [2.24, 2.45) is 5.73 Å². The third-order valence-corrected chi connectivity index (χ3v) is 2.32. The van der Waals surface area contributed by atoms with E-state index in [1.807, 2.05) is 45.0 Å². The van der Waals surface area contributed by atoms with Gasteiger partial charge in [-0.15, -0.1) is 0 Å². The van der Waals surface area contributed by atoms with Crippen molar-refractivity contribution in [2.45, 2.75) is 32.9 Å². The maximum absolute atomic E-state index is 11.9. The van der Waals surface area contributed by atoms with Gasteiger partial charge in [-0.05, 0) is 38.5 Å². The van der Waals surface area contributed by atoms with Crippen LogP contribution in [0.3, 0.4) is 0 Å². The summed E-state index contributed by atoms with van der Waals surface area (Å²) >= 11 is 0. The molecule has 0 unspecified atom stereocenters. The van der Waals surface area contributed by atoms with Gasteiger partial charge in [-0.1, -0.05) is 12.1 Å². The third-order valence-electron chi connectivity index (χ3n) is 2.32. The quantitative estimate of drug-likeness (QED) is 0.824. The van der Waals surface area contributed by atoms with Crippen LogP contribution < -0.4 is 16.0 Å². The summed E-state index contributed by atoms with van der Waals surface area (Å²) in [7, 11) is 1.75. The van der Waals surface area contributed by atoms with Crippen molar-refractivity contribution in [2.75, 3.05) is 11.9 Å². The van der Waals surface area contributed by atoms with Crippen LogP contribution in [-0.2, 0) is 6.54 Å². The van der Waals surface area contributed by atoms with E-state index in [0.29, 0.717) is 6.54 Å². The lowest BCUT2D eigenvalue weighted by Crippen LogP contribution is -2.47. The number of rotatable bonds is 2. The van der Waals surface area contributed by atoms with Gasteiger partial charge in [-0.2, -0.15) is 0 Å². The molecular formula is C13H21N3O. The number of hydrogen-bond acceptors (Lipinski definition) is 2. The predicted molar refractivity (Wildman–Crippen MR) is 71.0 cm³/mol. The Balaban J connectivity index is 2.81. The number of hydrogen-bond donors (Lipinski definition) is 2. The van der Waals surface area contributed by atoms with Gasteiger partial charge in [0, 0.05) is 24.8 Å². The van der Waals surface area contributed by atoms with Crippen LogP contribution in [0.1, 0.15) is 26.3 Å². The van der Waals surface area contributed by atoms with Gasteiger partial charge in [-0.3, -0.25) is 4.90 Å². The number of amides is 2. The number of carbonyl (C=O) groups is 1. The average molecular weight is 235 g/mol. The van der Waals surface area contributed by atoms with Crippen LogP contribution in [0.2, 0.25) is 0 Å². The molecule has 0 aromatic heterocycles. The van der Waals surface area contributed by atoms with Gasteiger partial charge in [0.05, 0.1) is 0 Å². The van der Waals surface area contributed by atoms with Crippen molar-refractivity contribution < 1.29 is 4.79 Å². The van der Waals surface area contributed by atoms with Crippen LogP contribution in [0.15, 0.2) is 24.3 Å². The Morgan fingerprint density at radius 3 is 2.59 bits per heavy atom. The minimum atomic E-state index is -0.239. The van der Waals surface area contributed by atoms with E-state index in [-0.39, 0.29) is 11.6 Å². The van der Waals surface area contributed by atoms with Crippen LogP contribution in [-0.4, -0.2) is 18.6 Å². The van der Waals surface area contributed by atoms with Crippen molar-refractivity contribution >= 4 is 11.7 Å². The molecule has 0 aliphatic rings. The summed E-state index contributed by atoms with van der Waals surface area (Å²) in [4.78, 5) is 13.5. The zero-order chi connectivity index (χ0) is 13.1. The standard InChI is InChI=1S/C13H21N3O/c1-13(2,3)15-12(17)16(4)11-7-5-6-10(8-11)9-14/h5-8H,9,14H2,1-4H3,(H,15,17). The highest BCUT2D eigenvalue weighted by molar-refractivity contribution is 5.91. The molecule has 0 bridgehead atoms. The molecule has 0 saturated carbocycles. The average Bonchev–Trinajstić information content (AvgIpc) is 2.26. The number of nitrogens with zero attached hydrogens (tertiary/aromatic N) is 1. The Labute approximate surface area is 103 Å². The molecule has 0 aliphatic heterocycles. The van der Waals surface area contributed by atoms with Crippen LogP contribution in [0, 0.1) is 0 Å². The molecular weight excluding hydrogens is 214 g/mol. The fourth-order valence-electron chi connectivity index (χ4n) is 1.41. The monoisotopic (exact) mass is 235 g/mol. The van der Waals surface area contributed by atoms with Gasteiger partial charge in [0.15, 0.2) is 0 Å². The molecule has 0 atom stereocenters. The van der Waals surface area contributed by atoms with Crippen molar-refractivity contribution in [1.29, 1.82) is 0 Å². The lowest BCUT2D eigenvalue weighted by atomic mass is 10.1. The first-order valence-electron chi connectivity index (χ1n) is 5.68. The molecule has 1 aromatic carbocycles. The summed E-state index contributed by atoms with van der Waals surface area (Å²) in [6.45, 7) is 6.34. The number of benzene rings is 1. The first kappa shape index (κ1) is 13.5. The molecule has 1 aromatic rings. The molecule has 0 radical (unpaired) electrons. The normalized spacial score (nSPS) is 11.1. The summed E-state index contributed by atoms with van der Waals surface area (Å²) in [6, 6.07) is 7.53. The summed E-state index contributed by atoms with van der Waals surface area (Å²) in [6.07, 6.45) is 0. The zero-order valence-corrected chi connectivity index (χ0v) is 10.9. The van der Waals surface area contributed by atoms with Gasteiger partial charge >= 0.3 is 6.03 Å². The minimum Gasteiger partial charge on any atom is -0.333 e. The molecule has 17 heavy (non-hydrogen) atoms. The van der Waals surface area contributed by atoms with Crippen LogP contribution >= 0.6 is 0 Å². The fourth-order valence-corrected chi connectivity index (χ4v) is 1.41. The SMILES string of the molecule is CN(C(=O)NC(C)(C)C)c1cccc(CN)c1. The lowest BCUT2D eigenvalue weighted by Gasteiger charge is -2.26. The van der Waals surface area contributed by atoms with Gasteiger partial charge in [0.25, 0.3) is 0 Å². The number of nitrogens with one attached hydrogen (secondary N) is 1. The Morgan fingerprint density at radius 1 is 1.41 bits per heavy atom. The molecule has 0 spiro atoms. The number of carbonyl (C=O) groups excluding carboxylic acids is 1. The van der Waals surface area contributed by atoms with Crippen LogP contribution in [0.4, 0.5) is 10.5 Å². The summed E-state index contributed by atoms with van der Waals surface area (Å²) in [5.41, 5.74) is 7.19. The molecule has 1 rings (SSSR count). The maximum atomic E-state index is 11.9. The maximum Gasteiger partial charge on any atom is 0.322 e. The van der Waals surface area contributed by atoms with Crippen molar-refractivity contribution in [3.63, 3.8) is 0 Å². The largest absolute Gasteiger partial charge is 0.333 e. The zero-order valence-electron chi connectivity index (χ0n) is 10.9. The van der Waals surface area contributed by atoms with E-state index >= 15 is 0 Å². The lowest BCUT2D eigenvalue weighted by molar-refractivity contribution is 0.239. The molecule has 4 nitrogen and oxygen atoms in total. The molecule has 0 aliphatic carbocycles. The highest BCUT2D eigenvalue weighted by Crippen LogP contribution is 2.15. The Morgan fingerprint density at radius 2 is 2.06 bits per heavy atom. The molecule has 2 amide bonds.